The third kappa shape index (κ3) is 18.1. The molecular formula is C20H39ClO2. The van der Waals surface area contributed by atoms with Crippen LogP contribution in [0.15, 0.2) is 12.2 Å². The van der Waals surface area contributed by atoms with Crippen molar-refractivity contribution in [3.63, 3.8) is 0 Å². The van der Waals surface area contributed by atoms with Gasteiger partial charge in [-0.05, 0) is 44.9 Å². The molecule has 0 N–H and O–H groups in total. The van der Waals surface area contributed by atoms with Crippen molar-refractivity contribution in [1.29, 1.82) is 0 Å². The SMILES string of the molecule is CCCOC(CCCCCCCCC/C=C\CCCl)OCCC. The summed E-state index contributed by atoms with van der Waals surface area (Å²) in [6.07, 6.45) is 19.2. The number of unbranched alkanes of at least 4 members (excludes halogenated alkanes) is 7. The van der Waals surface area contributed by atoms with E-state index >= 15 is 0 Å². The molecule has 0 rings (SSSR count). The van der Waals surface area contributed by atoms with E-state index in [0.717, 1.165) is 44.8 Å². The predicted molar refractivity (Wildman–Crippen MR) is 102 cm³/mol. The summed E-state index contributed by atoms with van der Waals surface area (Å²) < 4.78 is 11.5. The van der Waals surface area contributed by atoms with Crippen molar-refractivity contribution < 1.29 is 9.47 Å². The Labute approximate surface area is 150 Å². The minimum Gasteiger partial charge on any atom is -0.353 e. The second-order valence-electron chi connectivity index (χ2n) is 6.17. The largest absolute Gasteiger partial charge is 0.353 e. The van der Waals surface area contributed by atoms with Crippen LogP contribution in [0.2, 0.25) is 0 Å². The van der Waals surface area contributed by atoms with E-state index in [9.17, 15) is 0 Å². The molecule has 0 aliphatic rings. The van der Waals surface area contributed by atoms with Gasteiger partial charge in [-0.3, -0.25) is 0 Å². The van der Waals surface area contributed by atoms with Crippen LogP contribution >= 0.6 is 11.6 Å². The van der Waals surface area contributed by atoms with Gasteiger partial charge in [0, 0.05) is 19.1 Å². The lowest BCUT2D eigenvalue weighted by atomic mass is 10.1. The third-order valence-electron chi connectivity index (χ3n) is 3.77. The minimum absolute atomic E-state index is 0.0228. The molecule has 23 heavy (non-hydrogen) atoms. The van der Waals surface area contributed by atoms with Crippen molar-refractivity contribution in [2.75, 3.05) is 19.1 Å². The number of halogens is 1. The molecule has 138 valence electrons. The van der Waals surface area contributed by atoms with E-state index in [1.807, 2.05) is 0 Å². The van der Waals surface area contributed by atoms with E-state index in [0.29, 0.717) is 0 Å². The summed E-state index contributed by atoms with van der Waals surface area (Å²) in [4.78, 5) is 0. The second-order valence-corrected chi connectivity index (χ2v) is 6.55. The maximum atomic E-state index is 5.76. The molecule has 0 unspecified atom stereocenters. The zero-order valence-electron chi connectivity index (χ0n) is 15.5. The Bertz CT molecular complexity index is 236. The molecule has 0 aromatic rings. The van der Waals surface area contributed by atoms with Gasteiger partial charge >= 0.3 is 0 Å². The zero-order chi connectivity index (χ0) is 17.0. The molecule has 0 heterocycles. The van der Waals surface area contributed by atoms with Gasteiger partial charge in [0.2, 0.25) is 0 Å². The first kappa shape index (κ1) is 22.9. The van der Waals surface area contributed by atoms with Crippen molar-refractivity contribution in [3.05, 3.63) is 12.2 Å². The number of hydrogen-bond donors (Lipinski definition) is 0. The van der Waals surface area contributed by atoms with Crippen LogP contribution in [0.25, 0.3) is 0 Å². The average molecular weight is 347 g/mol. The van der Waals surface area contributed by atoms with E-state index in [1.165, 1.54) is 51.4 Å². The summed E-state index contributed by atoms with van der Waals surface area (Å²) in [7, 11) is 0. The Morgan fingerprint density at radius 3 is 1.83 bits per heavy atom. The third-order valence-corrected chi connectivity index (χ3v) is 3.99. The zero-order valence-corrected chi connectivity index (χ0v) is 16.3. The van der Waals surface area contributed by atoms with E-state index < -0.39 is 0 Å². The number of hydrogen-bond acceptors (Lipinski definition) is 2. The Balaban J connectivity index is 3.37. The topological polar surface area (TPSA) is 18.5 Å². The quantitative estimate of drug-likeness (QED) is 0.117. The van der Waals surface area contributed by atoms with Gasteiger partial charge in [-0.15, -0.1) is 11.6 Å². The Hall–Kier alpha value is -0.0500. The number of alkyl halides is 1. The van der Waals surface area contributed by atoms with Gasteiger partial charge in [0.05, 0.1) is 0 Å². The Morgan fingerprint density at radius 1 is 0.739 bits per heavy atom. The van der Waals surface area contributed by atoms with Crippen molar-refractivity contribution >= 4 is 11.6 Å². The Kier molecular flexibility index (Phi) is 20.0. The maximum absolute atomic E-state index is 5.76. The van der Waals surface area contributed by atoms with E-state index in [1.54, 1.807) is 0 Å². The molecule has 0 aliphatic heterocycles. The summed E-state index contributed by atoms with van der Waals surface area (Å²) in [6.45, 7) is 5.91. The first-order valence-electron chi connectivity index (χ1n) is 9.79. The molecule has 0 spiro atoms. The molecule has 2 nitrogen and oxygen atoms in total. The molecular weight excluding hydrogens is 308 g/mol. The highest BCUT2D eigenvalue weighted by atomic mass is 35.5. The number of allylic oxidation sites excluding steroid dienone is 2. The van der Waals surface area contributed by atoms with Crippen LogP contribution in [0.5, 0.6) is 0 Å². The molecule has 0 aromatic carbocycles. The Morgan fingerprint density at radius 2 is 1.26 bits per heavy atom. The van der Waals surface area contributed by atoms with Crippen LogP contribution in [0.3, 0.4) is 0 Å². The lowest BCUT2D eigenvalue weighted by Gasteiger charge is -2.18. The average Bonchev–Trinajstić information content (AvgIpc) is 2.57. The maximum Gasteiger partial charge on any atom is 0.157 e. The van der Waals surface area contributed by atoms with Crippen molar-refractivity contribution in [2.24, 2.45) is 0 Å². The normalized spacial score (nSPS) is 11.8. The van der Waals surface area contributed by atoms with Gasteiger partial charge in [-0.2, -0.15) is 0 Å². The van der Waals surface area contributed by atoms with Crippen LogP contribution in [0.4, 0.5) is 0 Å². The van der Waals surface area contributed by atoms with Gasteiger partial charge < -0.3 is 9.47 Å². The first-order chi connectivity index (χ1) is 11.3. The van der Waals surface area contributed by atoms with Gasteiger partial charge in [0.25, 0.3) is 0 Å². The van der Waals surface area contributed by atoms with Gasteiger partial charge in [-0.1, -0.05) is 58.1 Å². The predicted octanol–water partition coefficient (Wildman–Crippen LogP) is 6.86. The monoisotopic (exact) mass is 346 g/mol. The summed E-state index contributed by atoms with van der Waals surface area (Å²) in [5.41, 5.74) is 0. The van der Waals surface area contributed by atoms with Crippen LogP contribution in [-0.4, -0.2) is 25.4 Å². The summed E-state index contributed by atoms with van der Waals surface area (Å²) >= 11 is 5.63. The highest BCUT2D eigenvalue weighted by Crippen LogP contribution is 2.13. The lowest BCUT2D eigenvalue weighted by molar-refractivity contribution is -0.146. The molecule has 0 amide bonds. The van der Waals surface area contributed by atoms with E-state index in [2.05, 4.69) is 26.0 Å². The fraction of sp³-hybridized carbons (Fsp3) is 0.900. The van der Waals surface area contributed by atoms with Crippen LogP contribution in [0.1, 0.15) is 90.9 Å². The van der Waals surface area contributed by atoms with Gasteiger partial charge in [0.15, 0.2) is 6.29 Å². The van der Waals surface area contributed by atoms with Crippen molar-refractivity contribution in [3.8, 4) is 0 Å². The van der Waals surface area contributed by atoms with Crippen molar-refractivity contribution in [2.45, 2.75) is 97.2 Å². The highest BCUT2D eigenvalue weighted by Gasteiger charge is 2.08. The summed E-state index contributed by atoms with van der Waals surface area (Å²) in [6, 6.07) is 0. The molecule has 0 fully saturated rings. The van der Waals surface area contributed by atoms with E-state index in [-0.39, 0.29) is 6.29 Å². The molecule has 3 heteroatoms. The molecule has 0 aromatic heterocycles. The number of rotatable bonds is 18. The van der Waals surface area contributed by atoms with Gasteiger partial charge in [0.1, 0.15) is 0 Å². The first-order valence-corrected chi connectivity index (χ1v) is 10.3. The lowest BCUT2D eigenvalue weighted by Crippen LogP contribution is -2.18. The molecule has 0 radical (unpaired) electrons. The summed E-state index contributed by atoms with van der Waals surface area (Å²) in [5.74, 6) is 0.740. The second kappa shape index (κ2) is 20.0. The fourth-order valence-corrected chi connectivity index (χ4v) is 2.60. The fourth-order valence-electron chi connectivity index (χ4n) is 2.47. The van der Waals surface area contributed by atoms with Crippen LogP contribution in [-0.2, 0) is 9.47 Å². The van der Waals surface area contributed by atoms with E-state index in [4.69, 9.17) is 21.1 Å². The molecule has 0 saturated carbocycles. The minimum atomic E-state index is 0.0228. The molecule has 0 bridgehead atoms. The van der Waals surface area contributed by atoms with Crippen LogP contribution < -0.4 is 0 Å². The highest BCUT2D eigenvalue weighted by molar-refractivity contribution is 6.17. The summed E-state index contributed by atoms with van der Waals surface area (Å²) in [5, 5.41) is 0. The molecule has 0 atom stereocenters. The van der Waals surface area contributed by atoms with Crippen LogP contribution in [0, 0.1) is 0 Å². The van der Waals surface area contributed by atoms with Gasteiger partial charge in [-0.25, -0.2) is 0 Å². The molecule has 0 saturated heterocycles. The molecule has 0 aliphatic carbocycles. The smallest absolute Gasteiger partial charge is 0.157 e. The van der Waals surface area contributed by atoms with Crippen molar-refractivity contribution in [1.82, 2.24) is 0 Å². The standard InChI is InChI=1S/C20H39ClO2/c1-3-18-22-20(23-19-4-2)16-14-12-10-8-6-5-7-9-11-13-15-17-21/h11,13,20H,3-10,12,14-19H2,1-2H3/b13-11-. The number of ether oxygens (including phenoxy) is 2.